The van der Waals surface area contributed by atoms with Gasteiger partial charge in [-0.05, 0) is 11.9 Å². The van der Waals surface area contributed by atoms with Crippen molar-refractivity contribution in [3.8, 4) is 11.3 Å². The molecule has 0 atom stereocenters. The summed E-state index contributed by atoms with van der Waals surface area (Å²) in [5, 5.41) is 13.3. The third-order valence-corrected chi connectivity index (χ3v) is 3.22. The molecule has 7 nitrogen and oxygen atoms in total. The molecule has 3 N–H and O–H groups in total. The molecule has 0 bridgehead atoms. The van der Waals surface area contributed by atoms with Crippen LogP contribution in [0.3, 0.4) is 0 Å². The van der Waals surface area contributed by atoms with E-state index in [4.69, 9.17) is 5.14 Å². The van der Waals surface area contributed by atoms with Crippen LogP contribution < -0.4 is 10.5 Å². The first-order valence-corrected chi connectivity index (χ1v) is 6.71. The van der Waals surface area contributed by atoms with Gasteiger partial charge in [-0.1, -0.05) is 6.58 Å². The van der Waals surface area contributed by atoms with Crippen molar-refractivity contribution in [2.75, 3.05) is 5.32 Å². The normalized spacial score (nSPS) is 10.9. The zero-order valence-electron chi connectivity index (χ0n) is 10.8. The Balaban J connectivity index is 2.09. The minimum Gasteiger partial charge on any atom is -0.331 e. The molecule has 102 valence electrons. The SMILES string of the molecule is C=C(Nc1nccn2c(-c3cnn(C)c3)cnc12)SN. The predicted octanol–water partition coefficient (Wildman–Crippen LogP) is 1.62. The molecule has 0 fully saturated rings. The van der Waals surface area contributed by atoms with E-state index < -0.39 is 0 Å². The van der Waals surface area contributed by atoms with Gasteiger partial charge in [0.2, 0.25) is 0 Å². The molecule has 20 heavy (non-hydrogen) atoms. The first-order valence-electron chi connectivity index (χ1n) is 5.83. The molecule has 0 amide bonds. The molecule has 0 aromatic carbocycles. The van der Waals surface area contributed by atoms with Crippen molar-refractivity contribution in [1.29, 1.82) is 0 Å². The summed E-state index contributed by atoms with van der Waals surface area (Å²) < 4.78 is 3.70. The van der Waals surface area contributed by atoms with E-state index in [1.807, 2.05) is 23.8 Å². The average Bonchev–Trinajstić information content (AvgIpc) is 3.05. The summed E-state index contributed by atoms with van der Waals surface area (Å²) >= 11 is 1.04. The van der Waals surface area contributed by atoms with Gasteiger partial charge in [-0.15, -0.1) is 0 Å². The maximum atomic E-state index is 5.45. The van der Waals surface area contributed by atoms with Gasteiger partial charge < -0.3 is 5.32 Å². The summed E-state index contributed by atoms with van der Waals surface area (Å²) in [6.45, 7) is 3.78. The number of nitrogens with zero attached hydrogens (tertiary/aromatic N) is 5. The molecule has 0 saturated carbocycles. The number of rotatable bonds is 4. The number of fused-ring (bicyclic) bond motifs is 1. The number of aryl methyl sites for hydroxylation is 1. The maximum absolute atomic E-state index is 5.45. The molecular formula is C12H13N7S. The van der Waals surface area contributed by atoms with Gasteiger partial charge in [0.25, 0.3) is 0 Å². The summed E-state index contributed by atoms with van der Waals surface area (Å²) in [6, 6.07) is 0. The Morgan fingerprint density at radius 3 is 2.95 bits per heavy atom. The van der Waals surface area contributed by atoms with Crippen molar-refractivity contribution in [2.45, 2.75) is 0 Å². The highest BCUT2D eigenvalue weighted by Crippen LogP contribution is 2.23. The minimum absolute atomic E-state index is 0.608. The third kappa shape index (κ3) is 2.15. The summed E-state index contributed by atoms with van der Waals surface area (Å²) in [5.41, 5.74) is 2.65. The van der Waals surface area contributed by atoms with Crippen molar-refractivity contribution in [3.63, 3.8) is 0 Å². The summed E-state index contributed by atoms with van der Waals surface area (Å²) in [6.07, 6.45) is 9.08. The first-order chi connectivity index (χ1) is 9.69. The molecule has 0 aliphatic rings. The fourth-order valence-electron chi connectivity index (χ4n) is 1.94. The topological polar surface area (TPSA) is 86.1 Å². The number of hydrogen-bond acceptors (Lipinski definition) is 6. The molecule has 8 heteroatoms. The van der Waals surface area contributed by atoms with Crippen LogP contribution in [0.25, 0.3) is 16.9 Å². The van der Waals surface area contributed by atoms with Crippen LogP contribution in [0.5, 0.6) is 0 Å². The quantitative estimate of drug-likeness (QED) is 0.709. The number of hydrogen-bond donors (Lipinski definition) is 2. The smallest absolute Gasteiger partial charge is 0.180 e. The van der Waals surface area contributed by atoms with E-state index in [1.165, 1.54) is 0 Å². The fourth-order valence-corrected chi connectivity index (χ4v) is 2.09. The Bertz CT molecular complexity index is 773. The Morgan fingerprint density at radius 1 is 1.40 bits per heavy atom. The number of nitrogens with two attached hydrogens (primary N) is 1. The Hall–Kier alpha value is -2.32. The number of anilines is 1. The van der Waals surface area contributed by atoms with Gasteiger partial charge in [0.05, 0.1) is 23.1 Å². The average molecular weight is 287 g/mol. The van der Waals surface area contributed by atoms with Gasteiger partial charge in [0, 0.05) is 31.2 Å². The lowest BCUT2D eigenvalue weighted by Gasteiger charge is -2.07. The van der Waals surface area contributed by atoms with E-state index in [1.54, 1.807) is 23.3 Å². The van der Waals surface area contributed by atoms with Gasteiger partial charge in [0.15, 0.2) is 11.5 Å². The van der Waals surface area contributed by atoms with Crippen LogP contribution in [0.1, 0.15) is 0 Å². The second-order valence-corrected chi connectivity index (χ2v) is 4.91. The predicted molar refractivity (Wildman–Crippen MR) is 79.7 cm³/mol. The van der Waals surface area contributed by atoms with Gasteiger partial charge in [-0.2, -0.15) is 5.10 Å². The maximum Gasteiger partial charge on any atom is 0.180 e. The van der Waals surface area contributed by atoms with E-state index in [-0.39, 0.29) is 0 Å². The molecule has 0 unspecified atom stereocenters. The fraction of sp³-hybridized carbons (Fsp3) is 0.0833. The van der Waals surface area contributed by atoms with Crippen LogP contribution in [0.4, 0.5) is 5.82 Å². The highest BCUT2D eigenvalue weighted by Gasteiger charge is 2.11. The highest BCUT2D eigenvalue weighted by molar-refractivity contribution is 8.01. The number of nitrogens with one attached hydrogen (secondary N) is 1. The molecule has 0 spiro atoms. The molecule has 3 rings (SSSR count). The lowest BCUT2D eigenvalue weighted by Crippen LogP contribution is -2.02. The van der Waals surface area contributed by atoms with Crippen LogP contribution in [0, 0.1) is 0 Å². The van der Waals surface area contributed by atoms with Crippen LogP contribution >= 0.6 is 11.9 Å². The lowest BCUT2D eigenvalue weighted by molar-refractivity contribution is 0.768. The molecule has 0 aliphatic carbocycles. The summed E-state index contributed by atoms with van der Waals surface area (Å²) in [5.74, 6) is 0.616. The summed E-state index contributed by atoms with van der Waals surface area (Å²) in [4.78, 5) is 8.66. The number of aromatic nitrogens is 5. The van der Waals surface area contributed by atoms with Gasteiger partial charge in [-0.3, -0.25) is 14.2 Å². The standard InChI is InChI=1S/C12H13N7S/c1-8(20-13)17-11-12-15-6-10(19(12)4-3-14-11)9-5-16-18(2)7-9/h3-7H,1,13H2,2H3,(H,14,17). The second kappa shape index (κ2) is 4.99. The molecule has 3 aromatic rings. The van der Waals surface area contributed by atoms with Gasteiger partial charge in [0.1, 0.15) is 0 Å². The highest BCUT2D eigenvalue weighted by atomic mass is 32.2. The zero-order chi connectivity index (χ0) is 14.1. The van der Waals surface area contributed by atoms with Crippen LogP contribution in [-0.2, 0) is 7.05 Å². The van der Waals surface area contributed by atoms with Crippen molar-refractivity contribution < 1.29 is 0 Å². The molecule has 0 aliphatic heterocycles. The largest absolute Gasteiger partial charge is 0.331 e. The minimum atomic E-state index is 0.608. The monoisotopic (exact) mass is 287 g/mol. The van der Waals surface area contributed by atoms with E-state index in [2.05, 4.69) is 27.0 Å². The molecule has 0 saturated heterocycles. The van der Waals surface area contributed by atoms with Crippen LogP contribution in [0.2, 0.25) is 0 Å². The molecule has 0 radical (unpaired) electrons. The van der Waals surface area contributed by atoms with E-state index in [9.17, 15) is 0 Å². The second-order valence-electron chi connectivity index (χ2n) is 4.18. The lowest BCUT2D eigenvalue weighted by atomic mass is 10.3. The Morgan fingerprint density at radius 2 is 2.25 bits per heavy atom. The van der Waals surface area contributed by atoms with Crippen LogP contribution in [-0.4, -0.2) is 24.1 Å². The molecular weight excluding hydrogens is 274 g/mol. The van der Waals surface area contributed by atoms with Gasteiger partial charge >= 0.3 is 0 Å². The van der Waals surface area contributed by atoms with Crippen molar-refractivity contribution in [1.82, 2.24) is 24.1 Å². The van der Waals surface area contributed by atoms with E-state index >= 15 is 0 Å². The number of imidazole rings is 1. The summed E-state index contributed by atoms with van der Waals surface area (Å²) in [7, 11) is 1.88. The van der Waals surface area contributed by atoms with E-state index in [0.717, 1.165) is 23.2 Å². The van der Waals surface area contributed by atoms with Crippen molar-refractivity contribution in [3.05, 3.63) is 42.6 Å². The third-order valence-electron chi connectivity index (χ3n) is 2.83. The molecule has 3 heterocycles. The zero-order valence-corrected chi connectivity index (χ0v) is 11.6. The van der Waals surface area contributed by atoms with Gasteiger partial charge in [-0.25, -0.2) is 9.97 Å². The Kier molecular flexibility index (Phi) is 3.17. The van der Waals surface area contributed by atoms with Crippen molar-refractivity contribution in [2.24, 2.45) is 12.2 Å². The van der Waals surface area contributed by atoms with E-state index in [0.29, 0.717) is 16.5 Å². The van der Waals surface area contributed by atoms with Crippen molar-refractivity contribution >= 4 is 23.4 Å². The Labute approximate surface area is 119 Å². The molecule has 3 aromatic heterocycles. The van der Waals surface area contributed by atoms with Crippen LogP contribution in [0.15, 0.2) is 42.6 Å². The first kappa shape index (κ1) is 12.7.